The van der Waals surface area contributed by atoms with Gasteiger partial charge in [0.15, 0.2) is 6.04 Å². The second kappa shape index (κ2) is 10.2. The number of amides is 2. The molecule has 0 aliphatic carbocycles. The number of hydrogen-bond acceptors (Lipinski definition) is 7. The third kappa shape index (κ3) is 8.03. The Morgan fingerprint density at radius 2 is 1.62 bits per heavy atom. The quantitative estimate of drug-likeness (QED) is 0.421. The highest BCUT2D eigenvalue weighted by atomic mass is 16.7. The molecule has 0 radical (unpaired) electrons. The summed E-state index contributed by atoms with van der Waals surface area (Å²) in [5.74, 6) is -0.705. The monoisotopic (exact) mass is 450 g/mol. The highest BCUT2D eigenvalue weighted by molar-refractivity contribution is 5.84. The van der Waals surface area contributed by atoms with Gasteiger partial charge in [-0.25, -0.2) is 19.8 Å². The molecule has 1 aliphatic rings. The van der Waals surface area contributed by atoms with Crippen LogP contribution in [-0.4, -0.2) is 52.8 Å². The van der Waals surface area contributed by atoms with Crippen LogP contribution in [0.5, 0.6) is 0 Å². The first kappa shape index (κ1) is 25.5. The molecule has 2 amide bonds. The predicted molar refractivity (Wildman–Crippen MR) is 116 cm³/mol. The predicted octanol–water partition coefficient (Wildman–Crippen LogP) is 3.95. The van der Waals surface area contributed by atoms with E-state index in [9.17, 15) is 14.4 Å². The summed E-state index contributed by atoms with van der Waals surface area (Å²) in [4.78, 5) is 38.0. The summed E-state index contributed by atoms with van der Waals surface area (Å²) in [6, 6.07) is 8.50. The minimum Gasteiger partial charge on any atom is -0.443 e. The normalized spacial score (nSPS) is 21.3. The van der Waals surface area contributed by atoms with Crippen LogP contribution in [-0.2, 0) is 30.2 Å². The Labute approximate surface area is 189 Å². The van der Waals surface area contributed by atoms with Crippen molar-refractivity contribution in [1.82, 2.24) is 10.4 Å². The van der Waals surface area contributed by atoms with Gasteiger partial charge < -0.3 is 18.9 Å². The molecule has 0 aromatic heterocycles. The van der Waals surface area contributed by atoms with Gasteiger partial charge in [-0.3, -0.25) is 0 Å². The Morgan fingerprint density at radius 1 is 1.03 bits per heavy atom. The molecule has 1 fully saturated rings. The molecule has 0 bridgehead atoms. The van der Waals surface area contributed by atoms with Crippen molar-refractivity contribution in [3.8, 4) is 0 Å². The van der Waals surface area contributed by atoms with Gasteiger partial charge in [-0.1, -0.05) is 30.3 Å². The van der Waals surface area contributed by atoms with Gasteiger partial charge in [-0.05, 0) is 60.5 Å². The van der Waals surface area contributed by atoms with E-state index in [1.807, 2.05) is 30.3 Å². The van der Waals surface area contributed by atoms with Gasteiger partial charge in [0.05, 0.1) is 6.10 Å². The van der Waals surface area contributed by atoms with Gasteiger partial charge in [-0.15, -0.1) is 0 Å². The van der Waals surface area contributed by atoms with E-state index in [1.165, 1.54) is 0 Å². The van der Waals surface area contributed by atoms with Crippen molar-refractivity contribution in [1.29, 1.82) is 0 Å². The number of carbonyl (C=O) groups excluding carboxylic acids is 3. The minimum atomic E-state index is -1.25. The summed E-state index contributed by atoms with van der Waals surface area (Å²) < 4.78 is 21.9. The van der Waals surface area contributed by atoms with Crippen molar-refractivity contribution >= 4 is 18.2 Å². The van der Waals surface area contributed by atoms with E-state index in [4.69, 9.17) is 18.9 Å². The number of benzene rings is 1. The first-order valence-corrected chi connectivity index (χ1v) is 10.7. The van der Waals surface area contributed by atoms with Crippen molar-refractivity contribution in [2.75, 3.05) is 0 Å². The molecule has 9 nitrogen and oxygen atoms in total. The van der Waals surface area contributed by atoms with Crippen LogP contribution in [0.25, 0.3) is 0 Å². The summed E-state index contributed by atoms with van der Waals surface area (Å²) in [5, 5.41) is 0.778. The Morgan fingerprint density at radius 3 is 2.16 bits per heavy atom. The highest BCUT2D eigenvalue weighted by Gasteiger charge is 2.45. The van der Waals surface area contributed by atoms with Gasteiger partial charge in [-0.2, -0.15) is 5.01 Å². The molecule has 1 heterocycles. The molecule has 2 rings (SSSR count). The number of hydrogen-bond donors (Lipinski definition) is 1. The van der Waals surface area contributed by atoms with E-state index in [0.29, 0.717) is 12.8 Å². The van der Waals surface area contributed by atoms with Crippen LogP contribution in [0.2, 0.25) is 0 Å². The van der Waals surface area contributed by atoms with Crippen molar-refractivity contribution in [3.63, 3.8) is 0 Å². The number of rotatable bonds is 4. The molecule has 3 atom stereocenters. The van der Waals surface area contributed by atoms with Crippen LogP contribution in [0.1, 0.15) is 60.5 Å². The summed E-state index contributed by atoms with van der Waals surface area (Å²) in [5.41, 5.74) is 1.74. The maximum Gasteiger partial charge on any atom is 0.430 e. The lowest BCUT2D eigenvalue weighted by Crippen LogP contribution is -2.63. The first-order chi connectivity index (χ1) is 14.7. The Balaban J connectivity index is 2.12. The molecule has 1 aromatic rings. The van der Waals surface area contributed by atoms with Crippen LogP contribution in [0.15, 0.2) is 30.3 Å². The standard InChI is InChI=1S/C23H34N2O7/c1-15-18(19(26)30-17(29-15)14-13-16-11-9-8-10-12-16)25(21(28)32-23(5,6)7)24-20(27)31-22(2,3)4/h8-12,15,17-18H,13-14H2,1-7H3,(H,24,27)/t15-,17-,18-/m1/s1. The van der Waals surface area contributed by atoms with E-state index in [1.54, 1.807) is 48.5 Å². The molecule has 32 heavy (non-hydrogen) atoms. The lowest BCUT2D eigenvalue weighted by molar-refractivity contribution is -0.231. The summed E-state index contributed by atoms with van der Waals surface area (Å²) in [6.45, 7) is 11.7. The SMILES string of the molecule is C[C@H]1O[C@@H](CCc2ccccc2)OC(=O)[C@@H]1N(NC(=O)OC(C)(C)C)C(=O)OC(C)(C)C. The molecule has 178 valence electrons. The first-order valence-electron chi connectivity index (χ1n) is 10.7. The molecular formula is C23H34N2O7. The molecule has 1 aromatic carbocycles. The van der Waals surface area contributed by atoms with Crippen molar-refractivity contribution in [2.45, 2.75) is 90.9 Å². The zero-order valence-electron chi connectivity index (χ0n) is 19.8. The number of nitrogens with one attached hydrogen (secondary N) is 1. The minimum absolute atomic E-state index is 0.457. The second-order valence-electron chi connectivity index (χ2n) is 9.64. The number of esters is 1. The molecular weight excluding hydrogens is 416 g/mol. The van der Waals surface area contributed by atoms with Crippen molar-refractivity contribution in [2.24, 2.45) is 0 Å². The topological polar surface area (TPSA) is 103 Å². The van der Waals surface area contributed by atoms with Gasteiger partial charge in [0.2, 0.25) is 6.29 Å². The summed E-state index contributed by atoms with van der Waals surface area (Å²) in [7, 11) is 0. The van der Waals surface area contributed by atoms with Crippen LogP contribution in [0.3, 0.4) is 0 Å². The number of cyclic esters (lactones) is 1. The maximum absolute atomic E-state index is 12.9. The fraction of sp³-hybridized carbons (Fsp3) is 0.609. The fourth-order valence-electron chi connectivity index (χ4n) is 3.04. The third-order valence-electron chi connectivity index (χ3n) is 4.29. The lowest BCUT2D eigenvalue weighted by atomic mass is 10.1. The number of ether oxygens (including phenoxy) is 4. The van der Waals surface area contributed by atoms with E-state index in [0.717, 1.165) is 10.6 Å². The molecule has 1 saturated heterocycles. The van der Waals surface area contributed by atoms with E-state index >= 15 is 0 Å². The van der Waals surface area contributed by atoms with Gasteiger partial charge in [0.1, 0.15) is 11.2 Å². The highest BCUT2D eigenvalue weighted by Crippen LogP contribution is 2.23. The van der Waals surface area contributed by atoms with E-state index < -0.39 is 47.8 Å². The summed E-state index contributed by atoms with van der Waals surface area (Å²) >= 11 is 0. The number of carbonyl (C=O) groups is 3. The van der Waals surface area contributed by atoms with Gasteiger partial charge in [0, 0.05) is 6.42 Å². The second-order valence-corrected chi connectivity index (χ2v) is 9.64. The third-order valence-corrected chi connectivity index (χ3v) is 4.29. The van der Waals surface area contributed by atoms with Crippen molar-refractivity contribution < 1.29 is 33.3 Å². The van der Waals surface area contributed by atoms with E-state index in [2.05, 4.69) is 5.43 Å². The van der Waals surface area contributed by atoms with Gasteiger partial charge in [0.25, 0.3) is 0 Å². The van der Waals surface area contributed by atoms with Crippen LogP contribution >= 0.6 is 0 Å². The van der Waals surface area contributed by atoms with Crippen LogP contribution in [0.4, 0.5) is 9.59 Å². The van der Waals surface area contributed by atoms with Crippen molar-refractivity contribution in [3.05, 3.63) is 35.9 Å². The molecule has 9 heteroatoms. The average molecular weight is 451 g/mol. The van der Waals surface area contributed by atoms with Gasteiger partial charge >= 0.3 is 18.2 Å². The van der Waals surface area contributed by atoms with Crippen LogP contribution < -0.4 is 5.43 Å². The molecule has 0 spiro atoms. The smallest absolute Gasteiger partial charge is 0.430 e. The zero-order chi connectivity index (χ0) is 24.1. The zero-order valence-corrected chi connectivity index (χ0v) is 19.8. The Hall–Kier alpha value is -2.81. The van der Waals surface area contributed by atoms with E-state index in [-0.39, 0.29) is 0 Å². The lowest BCUT2D eigenvalue weighted by Gasteiger charge is -2.39. The largest absolute Gasteiger partial charge is 0.443 e. The number of hydrazine groups is 1. The number of nitrogens with zero attached hydrogens (tertiary/aromatic N) is 1. The number of aryl methyl sites for hydroxylation is 1. The maximum atomic E-state index is 12.9. The summed E-state index contributed by atoms with van der Waals surface area (Å²) in [6.07, 6.45) is -2.26. The molecule has 1 N–H and O–H groups in total. The van der Waals surface area contributed by atoms with Crippen LogP contribution in [0, 0.1) is 0 Å². The molecule has 0 unspecified atom stereocenters. The molecule has 1 aliphatic heterocycles. The molecule has 0 saturated carbocycles. The fourth-order valence-corrected chi connectivity index (χ4v) is 3.04. The Kier molecular flexibility index (Phi) is 8.12. The Bertz CT molecular complexity index is 799. The average Bonchev–Trinajstić information content (AvgIpc) is 2.63.